The van der Waals surface area contributed by atoms with Crippen molar-refractivity contribution in [2.45, 2.75) is 18.0 Å². The lowest BCUT2D eigenvalue weighted by atomic mass is 10.1. The molecule has 23 heavy (non-hydrogen) atoms. The molecule has 0 fully saturated rings. The number of para-hydroxylation sites is 1. The number of aliphatic hydroxyl groups is 1. The summed E-state index contributed by atoms with van der Waals surface area (Å²) in [5, 5.41) is 12.0. The molecule has 2 aromatic rings. The van der Waals surface area contributed by atoms with E-state index >= 15 is 0 Å². The van der Waals surface area contributed by atoms with Gasteiger partial charge in [0.25, 0.3) is 0 Å². The lowest BCUT2D eigenvalue weighted by Crippen LogP contribution is -2.30. The van der Waals surface area contributed by atoms with Crippen LogP contribution in [0.15, 0.2) is 53.4 Å². The summed E-state index contributed by atoms with van der Waals surface area (Å²) in [4.78, 5) is 15.2. The highest BCUT2D eigenvalue weighted by Crippen LogP contribution is 2.24. The number of carbonyl (C=O) groups is 1. The van der Waals surface area contributed by atoms with Gasteiger partial charge in [0.05, 0.1) is 18.8 Å². The summed E-state index contributed by atoms with van der Waals surface area (Å²) in [7, 11) is 1.92. The Morgan fingerprint density at radius 1 is 1.13 bits per heavy atom. The molecule has 0 heterocycles. The molecule has 0 spiro atoms. The van der Waals surface area contributed by atoms with Crippen molar-refractivity contribution in [3.8, 4) is 0 Å². The highest BCUT2D eigenvalue weighted by atomic mass is 32.2. The highest BCUT2D eigenvalue weighted by Gasteiger charge is 2.09. The Hall–Kier alpha value is -1.82. The van der Waals surface area contributed by atoms with Gasteiger partial charge >= 0.3 is 0 Å². The van der Waals surface area contributed by atoms with Gasteiger partial charge in [-0.05, 0) is 36.6 Å². The molecule has 4 nitrogen and oxygen atoms in total. The normalized spacial score (nSPS) is 10.8. The molecule has 1 amide bonds. The molecule has 2 aromatic carbocycles. The number of thioether (sulfide) groups is 1. The molecule has 0 bridgehead atoms. The van der Waals surface area contributed by atoms with Crippen molar-refractivity contribution < 1.29 is 9.90 Å². The molecule has 0 saturated heterocycles. The summed E-state index contributed by atoms with van der Waals surface area (Å²) in [6.45, 7) is 1.06. The van der Waals surface area contributed by atoms with Gasteiger partial charge in [0.1, 0.15) is 0 Å². The van der Waals surface area contributed by atoms with E-state index in [9.17, 15) is 4.79 Å². The molecule has 0 atom stereocenters. The first kappa shape index (κ1) is 17.5. The largest absolute Gasteiger partial charge is 0.392 e. The van der Waals surface area contributed by atoms with Gasteiger partial charge in [-0.2, -0.15) is 0 Å². The van der Waals surface area contributed by atoms with Crippen LogP contribution in [0.3, 0.4) is 0 Å². The topological polar surface area (TPSA) is 52.6 Å². The summed E-state index contributed by atoms with van der Waals surface area (Å²) >= 11 is 1.61. The first-order valence-electron chi connectivity index (χ1n) is 7.42. The van der Waals surface area contributed by atoms with Crippen LogP contribution in [0.5, 0.6) is 0 Å². The Labute approximate surface area is 141 Å². The van der Waals surface area contributed by atoms with Crippen molar-refractivity contribution in [1.82, 2.24) is 4.90 Å². The van der Waals surface area contributed by atoms with E-state index in [2.05, 4.69) is 5.32 Å². The molecule has 2 N–H and O–H groups in total. The van der Waals surface area contributed by atoms with Crippen molar-refractivity contribution in [2.75, 3.05) is 25.2 Å². The number of nitrogens with zero attached hydrogens (tertiary/aromatic N) is 1. The maximum atomic E-state index is 12.2. The van der Waals surface area contributed by atoms with Gasteiger partial charge in [-0.3, -0.25) is 9.69 Å². The summed E-state index contributed by atoms with van der Waals surface area (Å²) in [6, 6.07) is 15.5. The molecule has 5 heteroatoms. The minimum Gasteiger partial charge on any atom is -0.392 e. The highest BCUT2D eigenvalue weighted by molar-refractivity contribution is 7.98. The van der Waals surface area contributed by atoms with Crippen LogP contribution in [-0.4, -0.2) is 35.8 Å². The minimum atomic E-state index is -0.0269. The van der Waals surface area contributed by atoms with Crippen LogP contribution in [0.25, 0.3) is 0 Å². The molecule has 0 aromatic heterocycles. The number of amides is 1. The van der Waals surface area contributed by atoms with Gasteiger partial charge in [-0.15, -0.1) is 11.8 Å². The fourth-order valence-corrected chi connectivity index (χ4v) is 2.85. The van der Waals surface area contributed by atoms with Crippen LogP contribution in [0.4, 0.5) is 5.69 Å². The van der Waals surface area contributed by atoms with Crippen LogP contribution >= 0.6 is 11.8 Å². The van der Waals surface area contributed by atoms with Crippen LogP contribution in [0, 0.1) is 0 Å². The van der Waals surface area contributed by atoms with Crippen molar-refractivity contribution in [3.63, 3.8) is 0 Å². The first-order chi connectivity index (χ1) is 11.1. The molecular weight excluding hydrogens is 308 g/mol. The average Bonchev–Trinajstić information content (AvgIpc) is 2.55. The third-order valence-corrected chi connectivity index (χ3v) is 4.25. The number of nitrogens with one attached hydrogen (secondary N) is 1. The molecule has 0 saturated carbocycles. The van der Waals surface area contributed by atoms with Crippen LogP contribution < -0.4 is 5.32 Å². The second-order valence-corrected chi connectivity index (χ2v) is 6.24. The number of likely N-dealkylation sites (N-methyl/N-ethyl adjacent to an activating group) is 1. The number of aliphatic hydroxyl groups excluding tert-OH is 1. The number of rotatable bonds is 7. The lowest BCUT2D eigenvalue weighted by molar-refractivity contribution is -0.117. The number of carbonyl (C=O) groups excluding carboxylic acids is 1. The second kappa shape index (κ2) is 8.72. The zero-order chi connectivity index (χ0) is 16.7. The Bertz CT molecular complexity index is 644. The molecule has 0 aliphatic heterocycles. The van der Waals surface area contributed by atoms with E-state index in [1.165, 1.54) is 0 Å². The maximum absolute atomic E-state index is 12.2. The number of hydrogen-bond donors (Lipinski definition) is 2. The van der Waals surface area contributed by atoms with Crippen molar-refractivity contribution in [2.24, 2.45) is 0 Å². The Balaban J connectivity index is 1.88. The molecule has 0 aliphatic rings. The van der Waals surface area contributed by atoms with Crippen molar-refractivity contribution in [1.29, 1.82) is 0 Å². The summed E-state index contributed by atoms with van der Waals surface area (Å²) in [5.74, 6) is -0.0269. The SMILES string of the molecule is CSc1ccccc1NC(=O)CN(C)Cc1ccc(CO)cc1. The Morgan fingerprint density at radius 3 is 2.43 bits per heavy atom. The minimum absolute atomic E-state index is 0.0269. The molecule has 0 aliphatic carbocycles. The summed E-state index contributed by atoms with van der Waals surface area (Å²) in [5.41, 5.74) is 2.86. The van der Waals surface area contributed by atoms with Crippen molar-refractivity contribution in [3.05, 3.63) is 59.7 Å². The van der Waals surface area contributed by atoms with Crippen LogP contribution in [0.2, 0.25) is 0 Å². The summed E-state index contributed by atoms with van der Waals surface area (Å²) in [6.07, 6.45) is 1.99. The first-order valence-corrected chi connectivity index (χ1v) is 8.65. The van der Waals surface area contributed by atoms with E-state index in [1.807, 2.05) is 66.7 Å². The standard InChI is InChI=1S/C18H22N2O2S/c1-20(11-14-7-9-15(13-21)10-8-14)12-18(22)19-16-5-3-4-6-17(16)23-2/h3-10,21H,11-13H2,1-2H3,(H,19,22). The van der Waals surface area contributed by atoms with E-state index in [4.69, 9.17) is 5.11 Å². The molecule has 0 radical (unpaired) electrons. The lowest BCUT2D eigenvalue weighted by Gasteiger charge is -2.17. The third kappa shape index (κ3) is 5.39. The molecule has 0 unspecified atom stereocenters. The van der Waals surface area contributed by atoms with Crippen LogP contribution in [0.1, 0.15) is 11.1 Å². The second-order valence-electron chi connectivity index (χ2n) is 5.40. The van der Waals surface area contributed by atoms with Gasteiger partial charge in [0.2, 0.25) is 5.91 Å². The fourth-order valence-electron chi connectivity index (χ4n) is 2.30. The molecular formula is C18H22N2O2S. The predicted octanol–water partition coefficient (Wildman–Crippen LogP) is 2.97. The van der Waals surface area contributed by atoms with Crippen LogP contribution in [-0.2, 0) is 17.9 Å². The molecule has 2 rings (SSSR count). The monoisotopic (exact) mass is 330 g/mol. The fraction of sp³-hybridized carbons (Fsp3) is 0.278. The maximum Gasteiger partial charge on any atom is 0.238 e. The van der Waals surface area contributed by atoms with Gasteiger partial charge in [-0.1, -0.05) is 36.4 Å². The van der Waals surface area contributed by atoms with E-state index in [1.54, 1.807) is 11.8 Å². The number of hydrogen-bond acceptors (Lipinski definition) is 4. The smallest absolute Gasteiger partial charge is 0.238 e. The van der Waals surface area contributed by atoms with E-state index in [0.29, 0.717) is 13.1 Å². The Kier molecular flexibility index (Phi) is 6.65. The van der Waals surface area contributed by atoms with Gasteiger partial charge in [-0.25, -0.2) is 0 Å². The van der Waals surface area contributed by atoms with E-state index < -0.39 is 0 Å². The predicted molar refractivity (Wildman–Crippen MR) is 95.6 cm³/mol. The van der Waals surface area contributed by atoms with E-state index in [-0.39, 0.29) is 12.5 Å². The quantitative estimate of drug-likeness (QED) is 0.767. The summed E-state index contributed by atoms with van der Waals surface area (Å²) < 4.78 is 0. The number of benzene rings is 2. The van der Waals surface area contributed by atoms with Crippen molar-refractivity contribution >= 4 is 23.4 Å². The zero-order valence-corrected chi connectivity index (χ0v) is 14.3. The average molecular weight is 330 g/mol. The van der Waals surface area contributed by atoms with Gasteiger partial charge in [0.15, 0.2) is 0 Å². The Morgan fingerprint density at radius 2 is 1.78 bits per heavy atom. The van der Waals surface area contributed by atoms with E-state index in [0.717, 1.165) is 21.7 Å². The number of anilines is 1. The third-order valence-electron chi connectivity index (χ3n) is 3.45. The van der Waals surface area contributed by atoms with Gasteiger partial charge < -0.3 is 10.4 Å². The van der Waals surface area contributed by atoms with Gasteiger partial charge in [0, 0.05) is 11.4 Å². The molecule has 122 valence electrons. The zero-order valence-electron chi connectivity index (χ0n) is 13.5.